The van der Waals surface area contributed by atoms with Crippen molar-refractivity contribution in [3.63, 3.8) is 0 Å². The standard InChI is InChI=1S/C11H14N2O8S/c14-3-20-2-5-6(15)7(16)9(21-5)13-1-4(10(18)19)8(17)12-11(13)22/h1,5-7,9,14-16H,2-3H2,(H,18,19)(H,12,17,22)/t5-,6-,7-,9-/m1/s1. The summed E-state index contributed by atoms with van der Waals surface area (Å²) in [4.78, 5) is 24.6. The summed E-state index contributed by atoms with van der Waals surface area (Å²) in [5, 5.41) is 37.4. The van der Waals surface area contributed by atoms with Crippen LogP contribution >= 0.6 is 12.2 Å². The highest BCUT2D eigenvalue weighted by atomic mass is 32.1. The summed E-state index contributed by atoms with van der Waals surface area (Å²) in [5.74, 6) is -1.47. The molecule has 22 heavy (non-hydrogen) atoms. The van der Waals surface area contributed by atoms with Crippen LogP contribution in [0, 0.1) is 4.77 Å². The van der Waals surface area contributed by atoms with E-state index in [1.165, 1.54) is 0 Å². The summed E-state index contributed by atoms with van der Waals surface area (Å²) in [6, 6.07) is 0. The normalized spacial score (nSPS) is 28.0. The Labute approximate surface area is 128 Å². The van der Waals surface area contributed by atoms with E-state index in [9.17, 15) is 19.8 Å². The van der Waals surface area contributed by atoms with Crippen LogP contribution in [0.25, 0.3) is 0 Å². The predicted molar refractivity (Wildman–Crippen MR) is 71.8 cm³/mol. The largest absolute Gasteiger partial charge is 0.477 e. The van der Waals surface area contributed by atoms with E-state index in [1.807, 2.05) is 0 Å². The Morgan fingerprint density at radius 1 is 1.45 bits per heavy atom. The molecule has 0 saturated carbocycles. The molecule has 0 aromatic carbocycles. The number of aromatic carboxylic acids is 1. The van der Waals surface area contributed by atoms with Crippen molar-refractivity contribution in [1.82, 2.24) is 9.55 Å². The maximum absolute atomic E-state index is 11.5. The van der Waals surface area contributed by atoms with Gasteiger partial charge < -0.3 is 29.9 Å². The molecular formula is C11H14N2O8S. The van der Waals surface area contributed by atoms with Crippen LogP contribution in [0.1, 0.15) is 16.6 Å². The van der Waals surface area contributed by atoms with E-state index in [0.717, 1.165) is 10.8 Å². The van der Waals surface area contributed by atoms with Crippen LogP contribution < -0.4 is 5.56 Å². The number of H-pyrrole nitrogens is 1. The van der Waals surface area contributed by atoms with Gasteiger partial charge in [0.2, 0.25) is 0 Å². The van der Waals surface area contributed by atoms with Gasteiger partial charge in [0.05, 0.1) is 6.61 Å². The average Bonchev–Trinajstić information content (AvgIpc) is 2.73. The number of nitrogens with zero attached hydrogens (tertiary/aromatic N) is 1. The van der Waals surface area contributed by atoms with Crippen molar-refractivity contribution >= 4 is 18.2 Å². The number of hydrogen-bond donors (Lipinski definition) is 5. The van der Waals surface area contributed by atoms with Gasteiger partial charge in [0.15, 0.2) is 11.0 Å². The van der Waals surface area contributed by atoms with Gasteiger partial charge in [-0.1, -0.05) is 0 Å². The molecule has 0 unspecified atom stereocenters. The van der Waals surface area contributed by atoms with Crippen molar-refractivity contribution in [2.24, 2.45) is 0 Å². The third-order valence-corrected chi connectivity index (χ3v) is 3.50. The number of ether oxygens (including phenoxy) is 2. The van der Waals surface area contributed by atoms with Crippen LogP contribution in [0.2, 0.25) is 0 Å². The van der Waals surface area contributed by atoms with Crippen molar-refractivity contribution in [1.29, 1.82) is 0 Å². The first-order valence-corrected chi connectivity index (χ1v) is 6.56. The van der Waals surface area contributed by atoms with Gasteiger partial charge >= 0.3 is 5.97 Å². The minimum atomic E-state index is -1.47. The summed E-state index contributed by atoms with van der Waals surface area (Å²) < 4.78 is 10.9. The molecule has 0 amide bonds. The van der Waals surface area contributed by atoms with Gasteiger partial charge in [-0.15, -0.1) is 0 Å². The SMILES string of the molecule is O=C(O)c1cn([C@@H]2O[C@H](COCO)[C@@H](O)[C@H]2O)c(=S)[nH]c1=O. The van der Waals surface area contributed by atoms with Gasteiger partial charge in [-0.25, -0.2) is 4.79 Å². The minimum Gasteiger partial charge on any atom is -0.477 e. The third kappa shape index (κ3) is 3.09. The molecule has 4 atom stereocenters. The minimum absolute atomic E-state index is 0.171. The first-order valence-electron chi connectivity index (χ1n) is 6.15. The number of carboxylic acids is 1. The Kier molecular flexibility index (Phi) is 5.05. The van der Waals surface area contributed by atoms with Crippen LogP contribution in [0.4, 0.5) is 0 Å². The molecule has 0 radical (unpaired) electrons. The summed E-state index contributed by atoms with van der Waals surface area (Å²) >= 11 is 4.91. The van der Waals surface area contributed by atoms with E-state index in [1.54, 1.807) is 0 Å². The van der Waals surface area contributed by atoms with E-state index >= 15 is 0 Å². The van der Waals surface area contributed by atoms with Crippen molar-refractivity contribution < 1.29 is 34.7 Å². The molecular weight excluding hydrogens is 320 g/mol. The molecule has 10 nitrogen and oxygen atoms in total. The number of aliphatic hydroxyl groups excluding tert-OH is 3. The maximum atomic E-state index is 11.5. The molecule has 5 N–H and O–H groups in total. The van der Waals surface area contributed by atoms with Gasteiger partial charge in [-0.05, 0) is 12.2 Å². The van der Waals surface area contributed by atoms with Gasteiger partial charge in [0, 0.05) is 6.20 Å². The predicted octanol–water partition coefficient (Wildman–Crippen LogP) is -1.81. The number of nitrogens with one attached hydrogen (secondary N) is 1. The lowest BCUT2D eigenvalue weighted by Gasteiger charge is -2.18. The van der Waals surface area contributed by atoms with Gasteiger partial charge in [0.1, 0.15) is 30.7 Å². The third-order valence-electron chi connectivity index (χ3n) is 3.18. The van der Waals surface area contributed by atoms with Crippen molar-refractivity contribution in [2.45, 2.75) is 24.5 Å². The Balaban J connectivity index is 2.36. The topological polar surface area (TPSA) is 154 Å². The van der Waals surface area contributed by atoms with Crippen LogP contribution in [0.5, 0.6) is 0 Å². The summed E-state index contributed by atoms with van der Waals surface area (Å²) in [5.41, 5.74) is -1.48. The smallest absolute Gasteiger partial charge is 0.342 e. The molecule has 2 heterocycles. The lowest BCUT2D eigenvalue weighted by Crippen LogP contribution is -2.34. The van der Waals surface area contributed by atoms with E-state index in [4.69, 9.17) is 31.9 Å². The first kappa shape index (κ1) is 16.7. The molecule has 2 rings (SSSR count). The highest BCUT2D eigenvalue weighted by molar-refractivity contribution is 7.71. The summed E-state index contributed by atoms with van der Waals surface area (Å²) in [6.07, 6.45) is -3.98. The Morgan fingerprint density at radius 2 is 2.14 bits per heavy atom. The average molecular weight is 334 g/mol. The fraction of sp³-hybridized carbons (Fsp3) is 0.545. The molecule has 1 aliphatic heterocycles. The number of carbonyl (C=O) groups is 1. The van der Waals surface area contributed by atoms with Crippen LogP contribution in [-0.4, -0.2) is 67.7 Å². The highest BCUT2D eigenvalue weighted by Crippen LogP contribution is 2.29. The van der Waals surface area contributed by atoms with Gasteiger partial charge in [-0.2, -0.15) is 0 Å². The van der Waals surface area contributed by atoms with Gasteiger partial charge in [-0.3, -0.25) is 14.3 Å². The lowest BCUT2D eigenvalue weighted by molar-refractivity contribution is -0.0934. The number of carboxylic acid groups (broad SMARTS) is 1. The lowest BCUT2D eigenvalue weighted by atomic mass is 10.1. The summed E-state index contributed by atoms with van der Waals surface area (Å²) in [7, 11) is 0. The molecule has 1 saturated heterocycles. The van der Waals surface area contributed by atoms with Crippen molar-refractivity contribution in [3.05, 3.63) is 26.9 Å². The van der Waals surface area contributed by atoms with Crippen molar-refractivity contribution in [3.8, 4) is 0 Å². The van der Waals surface area contributed by atoms with Gasteiger partial charge in [0.25, 0.3) is 5.56 Å². The Morgan fingerprint density at radius 3 is 2.73 bits per heavy atom. The number of aliphatic hydroxyl groups is 3. The van der Waals surface area contributed by atoms with E-state index in [0.29, 0.717) is 0 Å². The molecule has 0 bridgehead atoms. The van der Waals surface area contributed by atoms with Crippen LogP contribution in [0.3, 0.4) is 0 Å². The molecule has 0 spiro atoms. The zero-order chi connectivity index (χ0) is 16.4. The highest BCUT2D eigenvalue weighted by Gasteiger charge is 2.44. The second kappa shape index (κ2) is 6.64. The fourth-order valence-electron chi connectivity index (χ4n) is 2.09. The zero-order valence-electron chi connectivity index (χ0n) is 11.1. The van der Waals surface area contributed by atoms with E-state index < -0.39 is 48.4 Å². The van der Waals surface area contributed by atoms with Crippen molar-refractivity contribution in [2.75, 3.05) is 13.4 Å². The molecule has 1 aliphatic rings. The monoisotopic (exact) mass is 334 g/mol. The van der Waals surface area contributed by atoms with Crippen LogP contribution in [0.15, 0.2) is 11.0 Å². The number of hydrogen-bond acceptors (Lipinski definition) is 8. The quantitative estimate of drug-likeness (QED) is 0.309. The molecule has 122 valence electrons. The fourth-order valence-corrected chi connectivity index (χ4v) is 2.34. The molecule has 1 fully saturated rings. The molecule has 11 heteroatoms. The second-order valence-corrected chi connectivity index (χ2v) is 4.95. The number of aromatic amines is 1. The number of rotatable bonds is 5. The van der Waals surface area contributed by atoms with E-state index in [-0.39, 0.29) is 11.4 Å². The Hall–Kier alpha value is -1.63. The Bertz CT molecular complexity index is 671. The molecule has 0 aliphatic carbocycles. The zero-order valence-corrected chi connectivity index (χ0v) is 11.9. The molecule has 1 aromatic rings. The first-order chi connectivity index (χ1) is 10.4. The summed E-state index contributed by atoms with van der Waals surface area (Å²) in [6.45, 7) is -0.776. The second-order valence-electron chi connectivity index (χ2n) is 4.56. The number of aromatic nitrogens is 2. The molecule has 1 aromatic heterocycles. The van der Waals surface area contributed by atoms with E-state index in [2.05, 4.69) is 4.98 Å². The van der Waals surface area contributed by atoms with Crippen LogP contribution in [-0.2, 0) is 9.47 Å². The maximum Gasteiger partial charge on any atom is 0.342 e.